The number of carbonyl (C=O) groups is 2. The molecule has 1 aromatic heterocycles. The van der Waals surface area contributed by atoms with Crippen molar-refractivity contribution in [3.63, 3.8) is 0 Å². The van der Waals surface area contributed by atoms with Gasteiger partial charge < -0.3 is 15.5 Å². The Morgan fingerprint density at radius 3 is 2.61 bits per heavy atom. The summed E-state index contributed by atoms with van der Waals surface area (Å²) >= 11 is 3.28. The first-order chi connectivity index (χ1) is 14.8. The van der Waals surface area contributed by atoms with Gasteiger partial charge in [0.15, 0.2) is 0 Å². The van der Waals surface area contributed by atoms with Gasteiger partial charge in [-0.05, 0) is 58.0 Å². The predicted molar refractivity (Wildman–Crippen MR) is 129 cm³/mol. The maximum atomic E-state index is 13.2. The third-order valence-electron chi connectivity index (χ3n) is 6.02. The van der Waals surface area contributed by atoms with Crippen LogP contribution in [0.4, 0.5) is 0 Å². The normalized spacial score (nSPS) is 17.6. The summed E-state index contributed by atoms with van der Waals surface area (Å²) in [6, 6.07) is 7.46. The molecular formula is C23H32N4O2S2. The second-order valence-electron chi connectivity index (χ2n) is 8.40. The molecule has 8 heteroatoms. The van der Waals surface area contributed by atoms with Crippen LogP contribution in [0.3, 0.4) is 0 Å². The number of aromatic nitrogens is 1. The van der Waals surface area contributed by atoms with E-state index in [9.17, 15) is 9.59 Å². The Balaban J connectivity index is 1.62. The van der Waals surface area contributed by atoms with Crippen LogP contribution >= 0.6 is 23.1 Å². The summed E-state index contributed by atoms with van der Waals surface area (Å²) in [4.78, 5) is 33.4. The van der Waals surface area contributed by atoms with Crippen molar-refractivity contribution in [3.8, 4) is 10.4 Å². The van der Waals surface area contributed by atoms with Crippen molar-refractivity contribution in [2.45, 2.75) is 57.0 Å². The minimum absolute atomic E-state index is 0.00350. The van der Waals surface area contributed by atoms with Crippen LogP contribution in [0.5, 0.6) is 0 Å². The third-order valence-corrected chi connectivity index (χ3v) is 8.29. The van der Waals surface area contributed by atoms with Crippen LogP contribution in [-0.2, 0) is 16.1 Å². The van der Waals surface area contributed by atoms with E-state index in [4.69, 9.17) is 0 Å². The van der Waals surface area contributed by atoms with E-state index in [1.807, 2.05) is 37.9 Å². The lowest BCUT2D eigenvalue weighted by Crippen LogP contribution is -2.57. The first-order valence-electron chi connectivity index (χ1n) is 10.6. The molecule has 1 aromatic carbocycles. The van der Waals surface area contributed by atoms with Gasteiger partial charge in [-0.3, -0.25) is 9.59 Å². The summed E-state index contributed by atoms with van der Waals surface area (Å²) in [6.07, 6.45) is 3.56. The van der Waals surface area contributed by atoms with Crippen LogP contribution in [0.2, 0.25) is 0 Å². The molecule has 0 bridgehead atoms. The number of benzene rings is 1. The van der Waals surface area contributed by atoms with Gasteiger partial charge in [0.2, 0.25) is 11.8 Å². The molecule has 0 spiro atoms. The first kappa shape index (κ1) is 23.8. The molecule has 1 aliphatic rings. The molecular weight excluding hydrogens is 428 g/mol. The van der Waals surface area contributed by atoms with Gasteiger partial charge in [0.05, 0.1) is 16.1 Å². The summed E-state index contributed by atoms with van der Waals surface area (Å²) in [5, 5.41) is 6.19. The third kappa shape index (κ3) is 5.30. The van der Waals surface area contributed by atoms with E-state index >= 15 is 0 Å². The van der Waals surface area contributed by atoms with Crippen LogP contribution in [-0.4, -0.2) is 58.4 Å². The highest BCUT2D eigenvalue weighted by atomic mass is 32.2. The Morgan fingerprint density at radius 1 is 1.32 bits per heavy atom. The Morgan fingerprint density at radius 2 is 2.03 bits per heavy atom. The average molecular weight is 461 g/mol. The van der Waals surface area contributed by atoms with E-state index in [0.29, 0.717) is 19.5 Å². The molecule has 0 aliphatic carbocycles. The standard InChI is InChI=1S/C23H32N4O2S2/c1-15-19(31-14-26-15)17-10-8-16(9-11-17)13-25-21(28)18-7-6-12-27(18)22(29)20(24-4)23(2,3)30-5/h8-11,14,18,20,24H,6-7,12-13H2,1-5H3,(H,25,28)/t18-,20?/m0/s1. The lowest BCUT2D eigenvalue weighted by molar-refractivity contribution is -0.140. The fraction of sp³-hybridized carbons (Fsp3) is 0.522. The highest BCUT2D eigenvalue weighted by Gasteiger charge is 2.41. The number of amides is 2. The second-order valence-corrected chi connectivity index (χ2v) is 10.7. The zero-order valence-corrected chi connectivity index (χ0v) is 20.5. The van der Waals surface area contributed by atoms with Crippen LogP contribution in [0.1, 0.15) is 37.9 Å². The monoisotopic (exact) mass is 460 g/mol. The number of likely N-dealkylation sites (tertiary alicyclic amines) is 1. The number of likely N-dealkylation sites (N-methyl/N-ethyl adjacent to an activating group) is 1. The topological polar surface area (TPSA) is 74.3 Å². The summed E-state index contributed by atoms with van der Waals surface area (Å²) < 4.78 is -0.256. The molecule has 0 radical (unpaired) electrons. The summed E-state index contributed by atoms with van der Waals surface area (Å²) in [6.45, 7) is 7.19. The first-order valence-corrected chi connectivity index (χ1v) is 12.7. The van der Waals surface area contributed by atoms with Crippen LogP contribution < -0.4 is 10.6 Å². The Kier molecular flexibility index (Phi) is 7.78. The van der Waals surface area contributed by atoms with Crippen LogP contribution in [0.25, 0.3) is 10.4 Å². The lowest BCUT2D eigenvalue weighted by Gasteiger charge is -2.36. The Bertz CT molecular complexity index is 911. The molecule has 2 amide bonds. The molecule has 1 unspecified atom stereocenters. The number of thiazole rings is 1. The van der Waals surface area contributed by atoms with Crippen LogP contribution in [0, 0.1) is 6.92 Å². The number of thioether (sulfide) groups is 1. The van der Waals surface area contributed by atoms with E-state index < -0.39 is 6.04 Å². The minimum Gasteiger partial charge on any atom is -0.350 e. The van der Waals surface area contributed by atoms with Crippen LogP contribution in [0.15, 0.2) is 29.8 Å². The molecule has 6 nitrogen and oxygen atoms in total. The van der Waals surface area contributed by atoms with Gasteiger partial charge >= 0.3 is 0 Å². The predicted octanol–water partition coefficient (Wildman–Crippen LogP) is 3.46. The van der Waals surface area contributed by atoms with Crippen molar-refractivity contribution >= 4 is 34.9 Å². The van der Waals surface area contributed by atoms with E-state index in [-0.39, 0.29) is 22.6 Å². The van der Waals surface area contributed by atoms with Gasteiger partial charge in [0.1, 0.15) is 12.1 Å². The number of hydrogen-bond donors (Lipinski definition) is 2. The fourth-order valence-corrected chi connectivity index (χ4v) is 5.28. The van der Waals surface area contributed by atoms with Gasteiger partial charge in [0.25, 0.3) is 0 Å². The van der Waals surface area contributed by atoms with E-state index in [0.717, 1.165) is 23.2 Å². The molecule has 1 fully saturated rings. The molecule has 2 N–H and O–H groups in total. The quantitative estimate of drug-likeness (QED) is 0.631. The smallest absolute Gasteiger partial charge is 0.243 e. The Hall–Kier alpha value is -1.90. The molecule has 31 heavy (non-hydrogen) atoms. The van der Waals surface area contributed by atoms with Gasteiger partial charge in [-0.1, -0.05) is 24.3 Å². The van der Waals surface area contributed by atoms with Crippen molar-refractivity contribution in [1.29, 1.82) is 0 Å². The molecule has 0 saturated carbocycles. The van der Waals surface area contributed by atoms with Crippen molar-refractivity contribution in [3.05, 3.63) is 41.0 Å². The van der Waals surface area contributed by atoms with Crippen molar-refractivity contribution in [1.82, 2.24) is 20.5 Å². The van der Waals surface area contributed by atoms with E-state index in [1.54, 1.807) is 28.0 Å². The molecule has 168 valence electrons. The largest absolute Gasteiger partial charge is 0.350 e. The van der Waals surface area contributed by atoms with Gasteiger partial charge in [0, 0.05) is 17.8 Å². The van der Waals surface area contributed by atoms with Crippen molar-refractivity contribution < 1.29 is 9.59 Å². The van der Waals surface area contributed by atoms with Gasteiger partial charge in [-0.2, -0.15) is 11.8 Å². The number of nitrogens with zero attached hydrogens (tertiary/aromatic N) is 2. The van der Waals surface area contributed by atoms with Gasteiger partial charge in [-0.15, -0.1) is 11.3 Å². The maximum Gasteiger partial charge on any atom is 0.243 e. The Labute approximate surface area is 193 Å². The number of nitrogens with one attached hydrogen (secondary N) is 2. The molecule has 1 aliphatic heterocycles. The SMILES string of the molecule is CNC(C(=O)N1CCC[C@H]1C(=O)NCc1ccc(-c2scnc2C)cc1)C(C)(C)SC. The van der Waals surface area contributed by atoms with Gasteiger partial charge in [-0.25, -0.2) is 4.98 Å². The van der Waals surface area contributed by atoms with E-state index in [1.165, 1.54) is 4.88 Å². The number of carbonyl (C=O) groups excluding carboxylic acids is 2. The number of hydrogen-bond acceptors (Lipinski definition) is 6. The molecule has 2 aromatic rings. The maximum absolute atomic E-state index is 13.2. The fourth-order valence-electron chi connectivity index (χ4n) is 4.02. The summed E-state index contributed by atoms with van der Waals surface area (Å²) in [5.41, 5.74) is 5.05. The van der Waals surface area contributed by atoms with Crippen molar-refractivity contribution in [2.24, 2.45) is 0 Å². The molecule has 1 saturated heterocycles. The highest BCUT2D eigenvalue weighted by Crippen LogP contribution is 2.29. The number of aryl methyl sites for hydroxylation is 1. The highest BCUT2D eigenvalue weighted by molar-refractivity contribution is 8.00. The average Bonchev–Trinajstić information content (AvgIpc) is 3.42. The zero-order chi connectivity index (χ0) is 22.6. The summed E-state index contributed by atoms with van der Waals surface area (Å²) in [5.74, 6) is -0.0752. The molecule has 2 atom stereocenters. The number of rotatable bonds is 8. The van der Waals surface area contributed by atoms with Crippen molar-refractivity contribution in [2.75, 3.05) is 19.8 Å². The summed E-state index contributed by atoms with van der Waals surface area (Å²) in [7, 11) is 1.81. The zero-order valence-electron chi connectivity index (χ0n) is 18.9. The lowest BCUT2D eigenvalue weighted by atomic mass is 10.0. The molecule has 2 heterocycles. The molecule has 3 rings (SSSR count). The van der Waals surface area contributed by atoms with E-state index in [2.05, 4.69) is 41.6 Å². The minimum atomic E-state index is -0.403. The second kappa shape index (κ2) is 10.1.